The van der Waals surface area contributed by atoms with Crippen molar-refractivity contribution in [2.45, 2.75) is 45.6 Å². The molecule has 0 unspecified atom stereocenters. The van der Waals surface area contributed by atoms with Gasteiger partial charge in [-0.15, -0.1) is 0 Å². The normalized spacial score (nSPS) is 16.8. The van der Waals surface area contributed by atoms with E-state index in [9.17, 15) is 4.79 Å². The van der Waals surface area contributed by atoms with Gasteiger partial charge in [-0.05, 0) is 25.7 Å². The zero-order valence-corrected chi connectivity index (χ0v) is 13.4. The topological polar surface area (TPSA) is 90.1 Å². The third-order valence-corrected chi connectivity index (χ3v) is 3.54. The van der Waals surface area contributed by atoms with Crippen molar-refractivity contribution < 1.29 is 9.53 Å². The number of carbonyl (C=O) groups excluding carboxylic acids is 1. The largest absolute Gasteiger partial charge is 0.402 e. The lowest BCUT2D eigenvalue weighted by atomic mass is 10.0. The van der Waals surface area contributed by atoms with Gasteiger partial charge >= 0.3 is 0 Å². The smallest absolute Gasteiger partial charge is 0.223 e. The highest BCUT2D eigenvalue weighted by Crippen LogP contribution is 2.20. The second-order valence-corrected chi connectivity index (χ2v) is 5.93. The van der Waals surface area contributed by atoms with E-state index in [0.717, 1.165) is 31.7 Å². The van der Waals surface area contributed by atoms with Crippen LogP contribution in [0.15, 0.2) is 18.0 Å². The fraction of sp³-hybridized carbons (Fsp3) is 0.562. The van der Waals surface area contributed by atoms with E-state index in [1.54, 1.807) is 13.1 Å². The minimum Gasteiger partial charge on any atom is -0.402 e. The first-order valence-corrected chi connectivity index (χ1v) is 7.66. The van der Waals surface area contributed by atoms with Crippen LogP contribution in [0.2, 0.25) is 0 Å². The molecule has 6 nitrogen and oxygen atoms in total. The van der Waals surface area contributed by atoms with Gasteiger partial charge in [-0.3, -0.25) is 4.79 Å². The lowest BCUT2D eigenvalue weighted by Gasteiger charge is -2.23. The third-order valence-electron chi connectivity index (χ3n) is 3.54. The van der Waals surface area contributed by atoms with Crippen LogP contribution in [0, 0.1) is 0 Å². The van der Waals surface area contributed by atoms with Gasteiger partial charge in [0, 0.05) is 37.2 Å². The van der Waals surface area contributed by atoms with Gasteiger partial charge < -0.3 is 15.8 Å². The van der Waals surface area contributed by atoms with Gasteiger partial charge in [0.15, 0.2) is 5.78 Å². The van der Waals surface area contributed by atoms with E-state index in [4.69, 9.17) is 10.5 Å². The molecular formula is C16H24N4O2. The van der Waals surface area contributed by atoms with E-state index < -0.39 is 0 Å². The fourth-order valence-electron chi connectivity index (χ4n) is 2.40. The number of nitrogens with two attached hydrogens (primary N) is 1. The van der Waals surface area contributed by atoms with E-state index in [2.05, 4.69) is 15.3 Å². The molecule has 2 heterocycles. The molecule has 120 valence electrons. The molecular weight excluding hydrogens is 280 g/mol. The molecule has 22 heavy (non-hydrogen) atoms. The molecule has 1 aromatic heterocycles. The van der Waals surface area contributed by atoms with Crippen LogP contribution in [-0.2, 0) is 4.74 Å². The SMILES string of the molecule is CC(N)=CC(=O)c1cnc(NC2CCOCC2)nc1C(C)C. The Morgan fingerprint density at radius 3 is 2.73 bits per heavy atom. The van der Waals surface area contributed by atoms with Crippen molar-refractivity contribution in [1.29, 1.82) is 0 Å². The van der Waals surface area contributed by atoms with Crippen molar-refractivity contribution in [1.82, 2.24) is 9.97 Å². The molecule has 1 fully saturated rings. The van der Waals surface area contributed by atoms with Gasteiger partial charge in [-0.1, -0.05) is 13.8 Å². The number of ketones is 1. The summed E-state index contributed by atoms with van der Waals surface area (Å²) in [4.78, 5) is 21.0. The lowest BCUT2D eigenvalue weighted by Crippen LogP contribution is -2.29. The maximum absolute atomic E-state index is 12.2. The minimum atomic E-state index is -0.152. The van der Waals surface area contributed by atoms with Crippen molar-refractivity contribution in [2.24, 2.45) is 5.73 Å². The van der Waals surface area contributed by atoms with Crippen LogP contribution in [0.4, 0.5) is 5.95 Å². The minimum absolute atomic E-state index is 0.128. The van der Waals surface area contributed by atoms with Crippen LogP contribution >= 0.6 is 0 Å². The standard InChI is InChI=1S/C16H24N4O2/c1-10(2)15-13(14(21)8-11(3)17)9-18-16(20-15)19-12-4-6-22-7-5-12/h8-10,12H,4-7,17H2,1-3H3,(H,18,19,20). The summed E-state index contributed by atoms with van der Waals surface area (Å²) < 4.78 is 5.34. The number of anilines is 1. The number of carbonyl (C=O) groups is 1. The molecule has 0 atom stereocenters. The summed E-state index contributed by atoms with van der Waals surface area (Å²) in [7, 11) is 0. The lowest BCUT2D eigenvalue weighted by molar-refractivity contribution is 0.0903. The zero-order valence-electron chi connectivity index (χ0n) is 13.4. The molecule has 0 saturated carbocycles. The molecule has 1 saturated heterocycles. The highest BCUT2D eigenvalue weighted by Gasteiger charge is 2.18. The molecule has 1 aliphatic heterocycles. The molecule has 0 aromatic carbocycles. The van der Waals surface area contributed by atoms with Gasteiger partial charge in [-0.2, -0.15) is 0 Å². The van der Waals surface area contributed by atoms with Crippen molar-refractivity contribution in [3.63, 3.8) is 0 Å². The summed E-state index contributed by atoms with van der Waals surface area (Å²) in [6, 6.07) is 0.321. The summed E-state index contributed by atoms with van der Waals surface area (Å²) in [5.41, 5.74) is 7.32. The van der Waals surface area contributed by atoms with Gasteiger partial charge in [0.1, 0.15) is 0 Å². The zero-order chi connectivity index (χ0) is 16.1. The van der Waals surface area contributed by atoms with Crippen LogP contribution in [0.1, 0.15) is 55.6 Å². The predicted octanol–water partition coefficient (Wildman–Crippen LogP) is 2.24. The maximum Gasteiger partial charge on any atom is 0.223 e. The average molecular weight is 304 g/mol. The number of nitrogens with one attached hydrogen (secondary N) is 1. The maximum atomic E-state index is 12.2. The Morgan fingerprint density at radius 1 is 1.45 bits per heavy atom. The highest BCUT2D eigenvalue weighted by atomic mass is 16.5. The van der Waals surface area contributed by atoms with Crippen molar-refractivity contribution in [3.05, 3.63) is 29.2 Å². The van der Waals surface area contributed by atoms with Gasteiger partial charge in [0.05, 0.1) is 11.3 Å². The Hall–Kier alpha value is -1.95. The van der Waals surface area contributed by atoms with Crippen LogP contribution in [0.3, 0.4) is 0 Å². The first kappa shape index (κ1) is 16.4. The first-order chi connectivity index (χ1) is 10.5. The van der Waals surface area contributed by atoms with Gasteiger partial charge in [-0.25, -0.2) is 9.97 Å². The third kappa shape index (κ3) is 4.27. The Kier molecular flexibility index (Phi) is 5.49. The number of aromatic nitrogens is 2. The van der Waals surface area contributed by atoms with Crippen molar-refractivity contribution in [2.75, 3.05) is 18.5 Å². The second-order valence-electron chi connectivity index (χ2n) is 5.93. The Balaban J connectivity index is 2.22. The van der Waals surface area contributed by atoms with E-state index in [-0.39, 0.29) is 11.7 Å². The molecule has 1 aromatic rings. The number of allylic oxidation sites excluding steroid dienone is 2. The molecule has 0 amide bonds. The monoisotopic (exact) mass is 304 g/mol. The highest BCUT2D eigenvalue weighted by molar-refractivity contribution is 6.05. The van der Waals surface area contributed by atoms with Crippen LogP contribution < -0.4 is 11.1 Å². The number of hydrogen-bond donors (Lipinski definition) is 2. The van der Waals surface area contributed by atoms with Crippen LogP contribution in [-0.4, -0.2) is 35.0 Å². The van der Waals surface area contributed by atoms with Gasteiger partial charge in [0.25, 0.3) is 0 Å². The second kappa shape index (κ2) is 7.35. The van der Waals surface area contributed by atoms with Crippen LogP contribution in [0.5, 0.6) is 0 Å². The average Bonchev–Trinajstić information content (AvgIpc) is 2.47. The Labute approximate surface area is 131 Å². The van der Waals surface area contributed by atoms with Crippen LogP contribution in [0.25, 0.3) is 0 Å². The Morgan fingerprint density at radius 2 is 2.14 bits per heavy atom. The molecule has 0 radical (unpaired) electrons. The summed E-state index contributed by atoms with van der Waals surface area (Å²) in [5.74, 6) is 0.547. The summed E-state index contributed by atoms with van der Waals surface area (Å²) in [6.45, 7) is 7.22. The quantitative estimate of drug-likeness (QED) is 0.640. The van der Waals surface area contributed by atoms with E-state index in [1.165, 1.54) is 6.08 Å². The van der Waals surface area contributed by atoms with Crippen molar-refractivity contribution in [3.8, 4) is 0 Å². The van der Waals surface area contributed by atoms with Crippen molar-refractivity contribution >= 4 is 11.7 Å². The van der Waals surface area contributed by atoms with E-state index in [1.807, 2.05) is 13.8 Å². The number of ether oxygens (including phenoxy) is 1. The molecule has 3 N–H and O–H groups in total. The number of hydrogen-bond acceptors (Lipinski definition) is 6. The molecule has 0 spiro atoms. The fourth-order valence-corrected chi connectivity index (χ4v) is 2.40. The number of nitrogens with zero attached hydrogens (tertiary/aromatic N) is 2. The van der Waals surface area contributed by atoms with E-state index >= 15 is 0 Å². The summed E-state index contributed by atoms with van der Waals surface area (Å²) in [5, 5.41) is 3.33. The molecule has 2 rings (SSSR count). The predicted molar refractivity (Wildman–Crippen MR) is 85.9 cm³/mol. The molecule has 0 aliphatic carbocycles. The van der Waals surface area contributed by atoms with Gasteiger partial charge in [0.2, 0.25) is 5.95 Å². The molecule has 6 heteroatoms. The molecule has 1 aliphatic rings. The summed E-state index contributed by atoms with van der Waals surface area (Å²) >= 11 is 0. The van der Waals surface area contributed by atoms with E-state index in [0.29, 0.717) is 23.3 Å². The Bertz CT molecular complexity index is 559. The molecule has 0 bridgehead atoms. The summed E-state index contributed by atoms with van der Waals surface area (Å²) in [6.07, 6.45) is 4.88. The number of rotatable bonds is 5. The first-order valence-electron chi connectivity index (χ1n) is 7.66.